The van der Waals surface area contributed by atoms with E-state index in [0.29, 0.717) is 28.2 Å². The molecule has 0 atom stereocenters. The van der Waals surface area contributed by atoms with Gasteiger partial charge in [-0.3, -0.25) is 0 Å². The number of halogens is 1. The maximum Gasteiger partial charge on any atom is 0.249 e. The Morgan fingerprint density at radius 3 is 2.48 bits per heavy atom. The van der Waals surface area contributed by atoms with E-state index in [2.05, 4.69) is 25.8 Å². The normalized spacial score (nSPS) is 10.4. The van der Waals surface area contributed by atoms with Crippen LogP contribution in [-0.2, 0) is 0 Å². The molecule has 0 spiro atoms. The number of aryl methyl sites for hydroxylation is 1. The van der Waals surface area contributed by atoms with Crippen LogP contribution in [0.5, 0.6) is 5.75 Å². The molecule has 3 aromatic rings. The summed E-state index contributed by atoms with van der Waals surface area (Å²) in [6, 6.07) is 11.6. The Morgan fingerprint density at radius 1 is 1.07 bits per heavy atom. The van der Waals surface area contributed by atoms with Gasteiger partial charge in [-0.15, -0.1) is 5.10 Å². The molecule has 2 N–H and O–H groups in total. The van der Waals surface area contributed by atoms with Crippen LogP contribution >= 0.6 is 11.6 Å². The first-order valence-electron chi connectivity index (χ1n) is 8.31. The summed E-state index contributed by atoms with van der Waals surface area (Å²) in [5.74, 6) is 1.53. The third-order valence-electron chi connectivity index (χ3n) is 3.94. The van der Waals surface area contributed by atoms with Crippen molar-refractivity contribution in [3.8, 4) is 5.75 Å². The quantitative estimate of drug-likeness (QED) is 0.652. The van der Waals surface area contributed by atoms with Crippen LogP contribution in [0.3, 0.4) is 0 Å². The highest BCUT2D eigenvalue weighted by Crippen LogP contribution is 2.32. The third kappa shape index (κ3) is 4.57. The van der Waals surface area contributed by atoms with E-state index >= 15 is 0 Å². The minimum Gasteiger partial charge on any atom is -0.495 e. The summed E-state index contributed by atoms with van der Waals surface area (Å²) in [6.07, 6.45) is 1.56. The summed E-state index contributed by atoms with van der Waals surface area (Å²) in [5.41, 5.74) is 3.66. The van der Waals surface area contributed by atoms with Gasteiger partial charge in [0, 0.05) is 36.6 Å². The van der Waals surface area contributed by atoms with Crippen molar-refractivity contribution in [2.24, 2.45) is 0 Å². The molecular weight excluding hydrogens is 364 g/mol. The van der Waals surface area contributed by atoms with Gasteiger partial charge in [-0.05, 0) is 42.8 Å². The van der Waals surface area contributed by atoms with Crippen LogP contribution in [0, 0.1) is 6.92 Å². The Kier molecular flexibility index (Phi) is 5.61. The first-order valence-corrected chi connectivity index (χ1v) is 8.69. The van der Waals surface area contributed by atoms with Crippen molar-refractivity contribution in [3.05, 3.63) is 53.2 Å². The Hall–Kier alpha value is -3.06. The van der Waals surface area contributed by atoms with Gasteiger partial charge < -0.3 is 20.3 Å². The van der Waals surface area contributed by atoms with Crippen molar-refractivity contribution < 1.29 is 4.74 Å². The second-order valence-corrected chi connectivity index (χ2v) is 6.57. The Bertz CT molecular complexity index is 930. The number of nitrogens with one attached hydrogen (secondary N) is 2. The largest absolute Gasteiger partial charge is 0.495 e. The number of hydrogen-bond donors (Lipinski definition) is 2. The molecule has 0 unspecified atom stereocenters. The lowest BCUT2D eigenvalue weighted by atomic mass is 10.2. The number of methoxy groups -OCH3 is 1. The zero-order valence-electron chi connectivity index (χ0n) is 15.6. The zero-order chi connectivity index (χ0) is 19.4. The molecule has 0 amide bonds. The van der Waals surface area contributed by atoms with Crippen molar-refractivity contribution >= 4 is 40.4 Å². The lowest BCUT2D eigenvalue weighted by Gasteiger charge is -2.14. The molecule has 27 heavy (non-hydrogen) atoms. The summed E-state index contributed by atoms with van der Waals surface area (Å²) in [7, 11) is 5.59. The van der Waals surface area contributed by atoms with Crippen molar-refractivity contribution in [2.75, 3.05) is 36.7 Å². The van der Waals surface area contributed by atoms with Gasteiger partial charge in [-0.2, -0.15) is 10.1 Å². The maximum absolute atomic E-state index is 6.15. The molecule has 2 aromatic carbocycles. The van der Waals surface area contributed by atoms with Gasteiger partial charge in [-0.25, -0.2) is 0 Å². The predicted octanol–water partition coefficient (Wildman–Crippen LogP) is 4.40. The number of anilines is 5. The van der Waals surface area contributed by atoms with E-state index in [1.807, 2.05) is 56.3 Å². The van der Waals surface area contributed by atoms with E-state index in [1.165, 1.54) is 0 Å². The SMILES string of the molecule is COc1cc(Cl)c(C)cc1Nc1nncc(Nc2ccc(N(C)C)cc2)n1. The first kappa shape index (κ1) is 18.7. The molecule has 0 radical (unpaired) electrons. The topological polar surface area (TPSA) is 75.2 Å². The summed E-state index contributed by atoms with van der Waals surface area (Å²) in [4.78, 5) is 6.49. The van der Waals surface area contributed by atoms with E-state index in [4.69, 9.17) is 16.3 Å². The van der Waals surface area contributed by atoms with Crippen LogP contribution in [0.2, 0.25) is 5.02 Å². The molecule has 0 fully saturated rings. The van der Waals surface area contributed by atoms with Crippen molar-refractivity contribution in [3.63, 3.8) is 0 Å². The molecule has 1 heterocycles. The van der Waals surface area contributed by atoms with Crippen LogP contribution in [0.1, 0.15) is 5.56 Å². The molecule has 0 aliphatic rings. The van der Waals surface area contributed by atoms with Crippen LogP contribution in [0.4, 0.5) is 28.8 Å². The van der Waals surface area contributed by atoms with E-state index in [0.717, 1.165) is 16.9 Å². The fourth-order valence-corrected chi connectivity index (χ4v) is 2.61. The molecule has 0 bridgehead atoms. The number of rotatable bonds is 6. The fraction of sp³-hybridized carbons (Fsp3) is 0.211. The molecule has 0 saturated heterocycles. The van der Waals surface area contributed by atoms with E-state index in [9.17, 15) is 0 Å². The zero-order valence-corrected chi connectivity index (χ0v) is 16.4. The second kappa shape index (κ2) is 8.09. The van der Waals surface area contributed by atoms with E-state index in [1.54, 1.807) is 19.4 Å². The summed E-state index contributed by atoms with van der Waals surface area (Å²) in [6.45, 7) is 1.92. The van der Waals surface area contributed by atoms with Crippen LogP contribution in [0.25, 0.3) is 0 Å². The summed E-state index contributed by atoms with van der Waals surface area (Å²) >= 11 is 6.15. The molecule has 7 nitrogen and oxygen atoms in total. The monoisotopic (exact) mass is 384 g/mol. The minimum atomic E-state index is 0.352. The average molecular weight is 385 g/mol. The molecular formula is C19H21ClN6O. The fourth-order valence-electron chi connectivity index (χ4n) is 2.46. The van der Waals surface area contributed by atoms with Gasteiger partial charge in [0.2, 0.25) is 5.95 Å². The molecule has 140 valence electrons. The molecule has 0 saturated carbocycles. The maximum atomic E-state index is 6.15. The molecule has 8 heteroatoms. The Morgan fingerprint density at radius 2 is 1.81 bits per heavy atom. The van der Waals surface area contributed by atoms with E-state index < -0.39 is 0 Å². The summed E-state index contributed by atoms with van der Waals surface area (Å²) < 4.78 is 5.37. The van der Waals surface area contributed by atoms with Gasteiger partial charge in [-0.1, -0.05) is 11.6 Å². The van der Waals surface area contributed by atoms with Gasteiger partial charge in [0.15, 0.2) is 5.82 Å². The third-order valence-corrected chi connectivity index (χ3v) is 4.35. The van der Waals surface area contributed by atoms with Gasteiger partial charge in [0.05, 0.1) is 19.0 Å². The number of ether oxygens (including phenoxy) is 1. The molecule has 1 aromatic heterocycles. The highest BCUT2D eigenvalue weighted by molar-refractivity contribution is 6.31. The molecule has 3 rings (SSSR count). The Labute approximate surface area is 163 Å². The smallest absolute Gasteiger partial charge is 0.249 e. The number of nitrogens with zero attached hydrogens (tertiary/aromatic N) is 4. The lowest BCUT2D eigenvalue weighted by Crippen LogP contribution is -2.08. The van der Waals surface area contributed by atoms with E-state index in [-0.39, 0.29) is 0 Å². The predicted molar refractivity (Wildman–Crippen MR) is 110 cm³/mol. The average Bonchev–Trinajstić information content (AvgIpc) is 2.65. The Balaban J connectivity index is 1.79. The minimum absolute atomic E-state index is 0.352. The van der Waals surface area contributed by atoms with Gasteiger partial charge in [0.25, 0.3) is 0 Å². The summed E-state index contributed by atoms with van der Waals surface area (Å²) in [5, 5.41) is 15.0. The first-order chi connectivity index (χ1) is 13.0. The number of hydrogen-bond acceptors (Lipinski definition) is 7. The second-order valence-electron chi connectivity index (χ2n) is 6.16. The van der Waals surface area contributed by atoms with Crippen LogP contribution in [0.15, 0.2) is 42.6 Å². The van der Waals surface area contributed by atoms with Crippen molar-refractivity contribution in [1.82, 2.24) is 15.2 Å². The standard InChI is InChI=1S/C19H21ClN6O/c1-12-9-16(17(27-4)10-15(12)20)23-19-24-18(11-21-25-19)22-13-5-7-14(8-6-13)26(2)3/h5-11H,1-4H3,(H2,22,23,24,25). The van der Waals surface area contributed by atoms with Gasteiger partial charge in [0.1, 0.15) is 5.75 Å². The highest BCUT2D eigenvalue weighted by Gasteiger charge is 2.10. The van der Waals surface area contributed by atoms with Crippen LogP contribution in [-0.4, -0.2) is 36.4 Å². The highest BCUT2D eigenvalue weighted by atomic mass is 35.5. The number of aromatic nitrogens is 3. The lowest BCUT2D eigenvalue weighted by molar-refractivity contribution is 0.416. The van der Waals surface area contributed by atoms with Crippen molar-refractivity contribution in [1.29, 1.82) is 0 Å². The number of benzene rings is 2. The van der Waals surface area contributed by atoms with Crippen molar-refractivity contribution in [2.45, 2.75) is 6.92 Å². The molecule has 0 aliphatic carbocycles. The van der Waals surface area contributed by atoms with Crippen LogP contribution < -0.4 is 20.3 Å². The van der Waals surface area contributed by atoms with Gasteiger partial charge >= 0.3 is 0 Å². The molecule has 0 aliphatic heterocycles.